The summed E-state index contributed by atoms with van der Waals surface area (Å²) in [7, 11) is 1.79. The molecule has 0 saturated carbocycles. The number of benzene rings is 2. The maximum Gasteiger partial charge on any atom is 0.124 e. The van der Waals surface area contributed by atoms with Crippen LogP contribution in [0.2, 0.25) is 0 Å². The van der Waals surface area contributed by atoms with Gasteiger partial charge >= 0.3 is 0 Å². The van der Waals surface area contributed by atoms with Gasteiger partial charge in [-0.3, -0.25) is 4.90 Å². The van der Waals surface area contributed by atoms with Crippen LogP contribution in [-0.2, 0) is 0 Å². The van der Waals surface area contributed by atoms with Gasteiger partial charge in [0.05, 0.1) is 7.11 Å². The lowest BCUT2D eigenvalue weighted by Crippen LogP contribution is -2.45. The van der Waals surface area contributed by atoms with Crippen molar-refractivity contribution in [1.29, 1.82) is 0 Å². The summed E-state index contributed by atoms with van der Waals surface area (Å²) in [5, 5.41) is 6.10. The molecular formula is C20H30Cl2N2O. The molecule has 1 heterocycles. The molecule has 0 amide bonds. The van der Waals surface area contributed by atoms with E-state index in [-0.39, 0.29) is 24.8 Å². The second kappa shape index (κ2) is 10.2. The van der Waals surface area contributed by atoms with Crippen molar-refractivity contribution in [3.8, 4) is 5.75 Å². The van der Waals surface area contributed by atoms with Crippen molar-refractivity contribution in [3.63, 3.8) is 0 Å². The highest BCUT2D eigenvalue weighted by Gasteiger charge is 2.27. The molecule has 0 radical (unpaired) electrons. The zero-order chi connectivity index (χ0) is 16.2. The summed E-state index contributed by atoms with van der Waals surface area (Å²) in [4.78, 5) is 2.63. The SMILES string of the molecule is COc1ccc2ccccc2c1[C@@H](CC(C)C)N1CCNCC1.Cl.Cl. The third kappa shape index (κ3) is 5.01. The van der Waals surface area contributed by atoms with Crippen molar-refractivity contribution < 1.29 is 4.74 Å². The quantitative estimate of drug-likeness (QED) is 0.809. The highest BCUT2D eigenvalue weighted by atomic mass is 35.5. The Hall–Kier alpha value is -1.00. The largest absolute Gasteiger partial charge is 0.496 e. The van der Waals surface area contributed by atoms with E-state index in [0.29, 0.717) is 12.0 Å². The first kappa shape index (κ1) is 22.0. The summed E-state index contributed by atoms with van der Waals surface area (Å²) >= 11 is 0. The van der Waals surface area contributed by atoms with E-state index in [1.54, 1.807) is 7.11 Å². The van der Waals surface area contributed by atoms with E-state index in [2.05, 4.69) is 60.5 Å². The van der Waals surface area contributed by atoms with Crippen molar-refractivity contribution >= 4 is 35.6 Å². The van der Waals surface area contributed by atoms with Gasteiger partial charge in [-0.15, -0.1) is 24.8 Å². The van der Waals surface area contributed by atoms with Crippen molar-refractivity contribution in [2.24, 2.45) is 5.92 Å². The van der Waals surface area contributed by atoms with E-state index in [0.717, 1.165) is 38.3 Å². The Balaban J connectivity index is 0.00000156. The van der Waals surface area contributed by atoms with E-state index in [4.69, 9.17) is 4.74 Å². The fourth-order valence-corrected chi connectivity index (χ4v) is 3.69. The Morgan fingerprint density at radius 3 is 2.36 bits per heavy atom. The molecule has 1 saturated heterocycles. The fourth-order valence-electron chi connectivity index (χ4n) is 3.69. The van der Waals surface area contributed by atoms with E-state index in [1.807, 2.05) is 0 Å². The molecule has 1 aliphatic heterocycles. The predicted molar refractivity (Wildman–Crippen MR) is 112 cm³/mol. The van der Waals surface area contributed by atoms with Crippen molar-refractivity contribution in [3.05, 3.63) is 42.0 Å². The number of piperazine rings is 1. The Kier molecular flexibility index (Phi) is 9.01. The molecule has 0 unspecified atom stereocenters. The van der Waals surface area contributed by atoms with Crippen LogP contribution in [-0.4, -0.2) is 38.2 Å². The van der Waals surface area contributed by atoms with Gasteiger partial charge in [-0.25, -0.2) is 0 Å². The van der Waals surface area contributed by atoms with Crippen LogP contribution < -0.4 is 10.1 Å². The minimum Gasteiger partial charge on any atom is -0.496 e. The molecule has 1 fully saturated rings. The summed E-state index contributed by atoms with van der Waals surface area (Å²) < 4.78 is 5.76. The average molecular weight is 385 g/mol. The number of hydrogen-bond acceptors (Lipinski definition) is 3. The number of rotatable bonds is 5. The molecule has 25 heavy (non-hydrogen) atoms. The molecule has 0 bridgehead atoms. The maximum absolute atomic E-state index is 5.76. The first-order chi connectivity index (χ1) is 11.2. The molecule has 5 heteroatoms. The third-order valence-corrected chi connectivity index (χ3v) is 4.77. The van der Waals surface area contributed by atoms with E-state index in [9.17, 15) is 0 Å². The summed E-state index contributed by atoms with van der Waals surface area (Å²) in [6, 6.07) is 13.4. The van der Waals surface area contributed by atoms with Crippen LogP contribution in [0.15, 0.2) is 36.4 Å². The van der Waals surface area contributed by atoms with Crippen LogP contribution in [0.4, 0.5) is 0 Å². The van der Waals surface area contributed by atoms with Gasteiger partial charge in [0.25, 0.3) is 0 Å². The minimum atomic E-state index is 0. The second-order valence-electron chi connectivity index (χ2n) is 6.83. The number of fused-ring (bicyclic) bond motifs is 1. The van der Waals surface area contributed by atoms with Gasteiger partial charge in [-0.1, -0.05) is 44.2 Å². The lowest BCUT2D eigenvalue weighted by atomic mass is 9.90. The topological polar surface area (TPSA) is 24.5 Å². The molecule has 140 valence electrons. The fraction of sp³-hybridized carbons (Fsp3) is 0.500. The standard InChI is InChI=1S/C20H28N2O.2ClH/c1-15(2)14-18(22-12-10-21-11-13-22)20-17-7-5-4-6-16(17)8-9-19(20)23-3;;/h4-9,15,18,21H,10-14H2,1-3H3;2*1H/t18-;;/m1../s1. The Morgan fingerprint density at radius 1 is 1.04 bits per heavy atom. The Labute approximate surface area is 163 Å². The molecule has 3 rings (SSSR count). The maximum atomic E-state index is 5.76. The first-order valence-electron chi connectivity index (χ1n) is 8.71. The third-order valence-electron chi connectivity index (χ3n) is 4.77. The lowest BCUT2D eigenvalue weighted by molar-refractivity contribution is 0.152. The summed E-state index contributed by atoms with van der Waals surface area (Å²) in [5.41, 5.74) is 1.36. The van der Waals surface area contributed by atoms with Gasteiger partial charge in [-0.05, 0) is 29.2 Å². The van der Waals surface area contributed by atoms with Gasteiger partial charge in [-0.2, -0.15) is 0 Å². The van der Waals surface area contributed by atoms with Gasteiger partial charge < -0.3 is 10.1 Å². The van der Waals surface area contributed by atoms with Crippen LogP contribution in [0.3, 0.4) is 0 Å². The highest BCUT2D eigenvalue weighted by Crippen LogP contribution is 2.39. The van der Waals surface area contributed by atoms with E-state index < -0.39 is 0 Å². The second-order valence-corrected chi connectivity index (χ2v) is 6.83. The molecule has 0 aromatic heterocycles. The molecule has 0 aliphatic carbocycles. The monoisotopic (exact) mass is 384 g/mol. The first-order valence-corrected chi connectivity index (χ1v) is 8.71. The van der Waals surface area contributed by atoms with E-state index >= 15 is 0 Å². The minimum absolute atomic E-state index is 0. The molecule has 1 aliphatic rings. The van der Waals surface area contributed by atoms with Crippen LogP contribution in [0.25, 0.3) is 10.8 Å². The molecule has 2 aromatic rings. The zero-order valence-corrected chi connectivity index (χ0v) is 17.0. The number of nitrogens with zero attached hydrogens (tertiary/aromatic N) is 1. The van der Waals surface area contributed by atoms with Crippen LogP contribution in [0.1, 0.15) is 31.9 Å². The number of halogens is 2. The van der Waals surface area contributed by atoms with Crippen LogP contribution >= 0.6 is 24.8 Å². The normalized spacial score (nSPS) is 16.2. The highest BCUT2D eigenvalue weighted by molar-refractivity contribution is 5.88. The van der Waals surface area contributed by atoms with Crippen LogP contribution in [0, 0.1) is 5.92 Å². The average Bonchev–Trinajstić information content (AvgIpc) is 2.59. The molecular weight excluding hydrogens is 355 g/mol. The predicted octanol–water partition coefficient (Wildman–Crippen LogP) is 4.68. The smallest absolute Gasteiger partial charge is 0.124 e. The number of methoxy groups -OCH3 is 1. The number of nitrogens with one attached hydrogen (secondary N) is 1. The van der Waals surface area contributed by atoms with Crippen molar-refractivity contribution in [2.45, 2.75) is 26.3 Å². The van der Waals surface area contributed by atoms with Gasteiger partial charge in [0, 0.05) is 37.8 Å². The van der Waals surface area contributed by atoms with E-state index in [1.165, 1.54) is 16.3 Å². The van der Waals surface area contributed by atoms with Crippen molar-refractivity contribution in [1.82, 2.24) is 10.2 Å². The zero-order valence-electron chi connectivity index (χ0n) is 15.3. The summed E-state index contributed by atoms with van der Waals surface area (Å²) in [5.74, 6) is 1.67. The Bertz CT molecular complexity index is 657. The summed E-state index contributed by atoms with van der Waals surface area (Å²) in [6.07, 6.45) is 1.16. The van der Waals surface area contributed by atoms with Crippen molar-refractivity contribution in [2.75, 3.05) is 33.3 Å². The molecule has 0 spiro atoms. The molecule has 3 nitrogen and oxygen atoms in total. The van der Waals surface area contributed by atoms with Gasteiger partial charge in [0.2, 0.25) is 0 Å². The lowest BCUT2D eigenvalue weighted by Gasteiger charge is -2.37. The molecule has 1 atom stereocenters. The molecule has 1 N–H and O–H groups in total. The van der Waals surface area contributed by atoms with Crippen LogP contribution in [0.5, 0.6) is 5.75 Å². The Morgan fingerprint density at radius 2 is 1.72 bits per heavy atom. The molecule has 2 aromatic carbocycles. The number of ether oxygens (including phenoxy) is 1. The summed E-state index contributed by atoms with van der Waals surface area (Å²) in [6.45, 7) is 8.97. The van der Waals surface area contributed by atoms with Gasteiger partial charge in [0.1, 0.15) is 5.75 Å². The number of hydrogen-bond donors (Lipinski definition) is 1. The van der Waals surface area contributed by atoms with Gasteiger partial charge in [0.15, 0.2) is 0 Å².